The molecular formula is C29H35ClF3N3O4. The topological polar surface area (TPSA) is 73.3 Å². The molecule has 1 N–H and O–H groups in total. The van der Waals surface area contributed by atoms with Gasteiger partial charge < -0.3 is 24.5 Å². The summed E-state index contributed by atoms with van der Waals surface area (Å²) in [6, 6.07) is 10.4. The summed E-state index contributed by atoms with van der Waals surface area (Å²) < 4.78 is 47.4. The molecule has 2 amide bonds. The fourth-order valence-electron chi connectivity index (χ4n) is 5.71. The van der Waals surface area contributed by atoms with Crippen LogP contribution in [0.5, 0.6) is 5.75 Å². The quantitative estimate of drug-likeness (QED) is 0.501. The average molecular weight is 582 g/mol. The van der Waals surface area contributed by atoms with Gasteiger partial charge in [0.25, 0.3) is 17.4 Å². The molecule has 2 atom stereocenters. The molecule has 2 aliphatic rings. The van der Waals surface area contributed by atoms with E-state index in [0.29, 0.717) is 22.9 Å². The summed E-state index contributed by atoms with van der Waals surface area (Å²) in [5, 5.41) is 11.2. The Kier molecular flexibility index (Phi) is 8.89. The van der Waals surface area contributed by atoms with E-state index in [-0.39, 0.29) is 30.7 Å². The molecule has 0 aliphatic carbocycles. The third kappa shape index (κ3) is 6.02. The lowest BCUT2D eigenvalue weighted by Crippen LogP contribution is -2.55. The molecule has 4 rings (SSSR count). The summed E-state index contributed by atoms with van der Waals surface area (Å²) in [6.45, 7) is 1.93. The molecule has 0 radical (unpaired) electrons. The van der Waals surface area contributed by atoms with Crippen molar-refractivity contribution in [3.63, 3.8) is 0 Å². The van der Waals surface area contributed by atoms with E-state index in [1.165, 1.54) is 24.1 Å². The Morgan fingerprint density at radius 2 is 1.73 bits per heavy atom. The summed E-state index contributed by atoms with van der Waals surface area (Å²) >= 11 is 6.38. The van der Waals surface area contributed by atoms with E-state index in [0.717, 1.165) is 55.1 Å². The van der Waals surface area contributed by atoms with E-state index in [1.54, 1.807) is 20.2 Å². The first-order chi connectivity index (χ1) is 18.8. The van der Waals surface area contributed by atoms with E-state index in [4.69, 9.17) is 16.3 Å². The lowest BCUT2D eigenvalue weighted by Gasteiger charge is -2.35. The molecule has 2 saturated heterocycles. The number of alkyl halides is 3. The number of aliphatic hydroxyl groups is 1. The number of piperidine rings is 1. The number of methoxy groups -OCH3 is 1. The number of nitrogens with zero attached hydrogens (tertiary/aromatic N) is 3. The lowest BCUT2D eigenvalue weighted by atomic mass is 9.86. The van der Waals surface area contributed by atoms with E-state index < -0.39 is 23.2 Å². The van der Waals surface area contributed by atoms with Crippen LogP contribution in [0.2, 0.25) is 5.02 Å². The van der Waals surface area contributed by atoms with Gasteiger partial charge in [-0.25, -0.2) is 0 Å². The molecule has 2 aliphatic heterocycles. The van der Waals surface area contributed by atoms with E-state index in [2.05, 4.69) is 4.90 Å². The molecule has 2 unspecified atom stereocenters. The second-order valence-electron chi connectivity index (χ2n) is 10.9. The van der Waals surface area contributed by atoms with Crippen molar-refractivity contribution in [3.8, 4) is 5.75 Å². The van der Waals surface area contributed by atoms with E-state index >= 15 is 0 Å². The first-order valence-electron chi connectivity index (χ1n) is 13.3. The predicted molar refractivity (Wildman–Crippen MR) is 147 cm³/mol. The van der Waals surface area contributed by atoms with Crippen LogP contribution in [-0.2, 0) is 10.4 Å². The predicted octanol–water partition coefficient (Wildman–Crippen LogP) is 4.96. The number of carbonyl (C=O) groups is 2. The maximum atomic E-state index is 14.1. The Balaban J connectivity index is 1.35. The maximum absolute atomic E-state index is 14.1. The molecular weight excluding hydrogens is 547 g/mol. The number of carbonyl (C=O) groups excluding carboxylic acids is 2. The van der Waals surface area contributed by atoms with Gasteiger partial charge in [-0.05, 0) is 67.9 Å². The molecule has 2 heterocycles. The number of ether oxygens (including phenoxy) is 1. The van der Waals surface area contributed by atoms with Crippen molar-refractivity contribution in [2.75, 3.05) is 52.3 Å². The van der Waals surface area contributed by atoms with Gasteiger partial charge >= 0.3 is 6.18 Å². The number of hydrogen-bond acceptors (Lipinski definition) is 5. The van der Waals surface area contributed by atoms with Crippen LogP contribution >= 0.6 is 11.6 Å². The normalized spacial score (nSPS) is 19.9. The Morgan fingerprint density at radius 1 is 1.05 bits per heavy atom. The zero-order valence-electron chi connectivity index (χ0n) is 22.9. The van der Waals surface area contributed by atoms with Gasteiger partial charge in [0.2, 0.25) is 0 Å². The summed E-state index contributed by atoms with van der Waals surface area (Å²) in [5.41, 5.74) is -2.80. The Labute approximate surface area is 237 Å². The second-order valence-corrected chi connectivity index (χ2v) is 11.3. The van der Waals surface area contributed by atoms with Crippen LogP contribution in [0.15, 0.2) is 42.5 Å². The SMILES string of the molecule is COc1cccc(C(O)(C(=O)N2CCC(CC3CCN(c4ccc(C(=O)N(C)C)c(Cl)c4)CC3)C2)C(F)(F)F)c1. The van der Waals surface area contributed by atoms with Gasteiger partial charge in [0, 0.05) is 51.5 Å². The Hall–Kier alpha value is -2.98. The molecule has 0 saturated carbocycles. The van der Waals surface area contributed by atoms with Crippen molar-refractivity contribution >= 4 is 29.1 Å². The van der Waals surface area contributed by atoms with E-state index in [9.17, 15) is 27.9 Å². The molecule has 0 spiro atoms. The minimum Gasteiger partial charge on any atom is -0.497 e. The van der Waals surface area contributed by atoms with Crippen LogP contribution < -0.4 is 9.64 Å². The molecule has 218 valence electrons. The molecule has 0 aromatic heterocycles. The van der Waals surface area contributed by atoms with Crippen LogP contribution in [-0.4, -0.2) is 80.3 Å². The van der Waals surface area contributed by atoms with Gasteiger partial charge in [-0.2, -0.15) is 13.2 Å². The summed E-state index contributed by atoms with van der Waals surface area (Å²) in [5.74, 6) is -0.940. The highest BCUT2D eigenvalue weighted by Crippen LogP contribution is 2.43. The van der Waals surface area contributed by atoms with Crippen LogP contribution in [0.1, 0.15) is 41.6 Å². The number of hydrogen-bond donors (Lipinski definition) is 1. The highest BCUT2D eigenvalue weighted by molar-refractivity contribution is 6.34. The number of likely N-dealkylation sites (tertiary alicyclic amines) is 1. The van der Waals surface area contributed by atoms with Gasteiger partial charge in [-0.3, -0.25) is 9.59 Å². The van der Waals surface area contributed by atoms with Crippen LogP contribution in [0.25, 0.3) is 0 Å². The van der Waals surface area contributed by atoms with Gasteiger partial charge in [-0.15, -0.1) is 0 Å². The molecule has 11 heteroatoms. The molecule has 7 nitrogen and oxygen atoms in total. The fourth-order valence-corrected chi connectivity index (χ4v) is 5.96. The van der Waals surface area contributed by atoms with Crippen LogP contribution in [0, 0.1) is 11.8 Å². The van der Waals surface area contributed by atoms with Crippen molar-refractivity contribution in [3.05, 3.63) is 58.6 Å². The number of halogens is 4. The third-order valence-corrected chi connectivity index (χ3v) is 8.33. The van der Waals surface area contributed by atoms with Crippen molar-refractivity contribution in [2.24, 2.45) is 11.8 Å². The first kappa shape index (κ1) is 30.0. The highest BCUT2D eigenvalue weighted by Gasteiger charge is 2.62. The largest absolute Gasteiger partial charge is 0.497 e. The van der Waals surface area contributed by atoms with Gasteiger partial charge in [0.15, 0.2) is 0 Å². The molecule has 40 heavy (non-hydrogen) atoms. The summed E-state index contributed by atoms with van der Waals surface area (Å²) in [6.07, 6.45) is -2.00. The molecule has 0 bridgehead atoms. The summed E-state index contributed by atoms with van der Waals surface area (Å²) in [4.78, 5) is 30.3. The number of anilines is 1. The zero-order chi connectivity index (χ0) is 29.2. The molecule has 2 fully saturated rings. The molecule has 2 aromatic carbocycles. The number of amides is 2. The van der Waals surface area contributed by atoms with Gasteiger partial charge in [-0.1, -0.05) is 23.7 Å². The lowest BCUT2D eigenvalue weighted by molar-refractivity contribution is -0.261. The highest BCUT2D eigenvalue weighted by atomic mass is 35.5. The number of rotatable bonds is 7. The van der Waals surface area contributed by atoms with Crippen molar-refractivity contribution in [1.82, 2.24) is 9.80 Å². The average Bonchev–Trinajstić information content (AvgIpc) is 3.39. The first-order valence-corrected chi connectivity index (χ1v) is 13.7. The Morgan fingerprint density at radius 3 is 2.33 bits per heavy atom. The maximum Gasteiger partial charge on any atom is 0.430 e. The number of benzene rings is 2. The van der Waals surface area contributed by atoms with Crippen LogP contribution in [0.3, 0.4) is 0 Å². The second kappa shape index (κ2) is 11.9. The Bertz CT molecular complexity index is 1230. The van der Waals surface area contributed by atoms with E-state index in [1.807, 2.05) is 12.1 Å². The monoisotopic (exact) mass is 581 g/mol. The zero-order valence-corrected chi connectivity index (χ0v) is 23.6. The van der Waals surface area contributed by atoms with Crippen molar-refractivity contribution in [2.45, 2.75) is 37.5 Å². The minimum atomic E-state index is -5.19. The smallest absolute Gasteiger partial charge is 0.430 e. The van der Waals surface area contributed by atoms with Crippen LogP contribution in [0.4, 0.5) is 18.9 Å². The van der Waals surface area contributed by atoms with Gasteiger partial charge in [0.1, 0.15) is 5.75 Å². The summed E-state index contributed by atoms with van der Waals surface area (Å²) in [7, 11) is 4.66. The molecule has 2 aromatic rings. The van der Waals surface area contributed by atoms with Crippen molar-refractivity contribution < 1.29 is 32.6 Å². The van der Waals surface area contributed by atoms with Crippen molar-refractivity contribution in [1.29, 1.82) is 0 Å². The third-order valence-electron chi connectivity index (χ3n) is 8.02. The minimum absolute atomic E-state index is 0.0640. The van der Waals surface area contributed by atoms with Gasteiger partial charge in [0.05, 0.1) is 17.7 Å². The fraction of sp³-hybridized carbons (Fsp3) is 0.517. The standard InChI is InChI=1S/C29H35ClF3N3O4/c1-34(2)26(37)24-8-7-22(17-25(24)30)35-12-9-19(10-13-35)15-20-11-14-36(18-20)27(38)28(39,29(31,32)33)21-5-4-6-23(16-21)40-3/h4-8,16-17,19-20,39H,9-15,18H2,1-3H3.